The smallest absolute Gasteiger partial charge is 0.0200 e. The van der Waals surface area contributed by atoms with Crippen molar-refractivity contribution < 1.29 is 4.94 Å². The van der Waals surface area contributed by atoms with E-state index in [-0.39, 0.29) is 24.8 Å². The first-order valence-corrected chi connectivity index (χ1v) is 2.53. The Morgan fingerprint density at radius 3 is 1.56 bits per heavy atom. The Morgan fingerprint density at radius 1 is 1.00 bits per heavy atom. The molecule has 0 radical (unpaired) electrons. The molecule has 0 aromatic carbocycles. The SMILES string of the molecule is CCNONCC.Cl.Cl. The van der Waals surface area contributed by atoms with Crippen LogP contribution in [0.25, 0.3) is 0 Å². The van der Waals surface area contributed by atoms with E-state index in [9.17, 15) is 0 Å². The van der Waals surface area contributed by atoms with Crippen LogP contribution in [-0.2, 0) is 4.94 Å². The fourth-order valence-corrected chi connectivity index (χ4v) is 0.195. The van der Waals surface area contributed by atoms with Crippen molar-refractivity contribution in [2.75, 3.05) is 13.1 Å². The minimum absolute atomic E-state index is 0. The normalized spacial score (nSPS) is 7.33. The van der Waals surface area contributed by atoms with Gasteiger partial charge in [0.25, 0.3) is 0 Å². The highest BCUT2D eigenvalue weighted by Crippen LogP contribution is 1.53. The Kier molecular flexibility index (Phi) is 28.5. The largest absolute Gasteiger partial charge is 0.214 e. The summed E-state index contributed by atoms with van der Waals surface area (Å²) in [5.74, 6) is 0. The van der Waals surface area contributed by atoms with Crippen LogP contribution in [0.2, 0.25) is 0 Å². The van der Waals surface area contributed by atoms with Crippen LogP contribution in [-0.4, -0.2) is 13.1 Å². The van der Waals surface area contributed by atoms with Gasteiger partial charge in [0, 0.05) is 13.1 Å². The molecule has 9 heavy (non-hydrogen) atoms. The van der Waals surface area contributed by atoms with Crippen molar-refractivity contribution in [2.24, 2.45) is 0 Å². The van der Waals surface area contributed by atoms with Gasteiger partial charge < -0.3 is 0 Å². The van der Waals surface area contributed by atoms with Crippen molar-refractivity contribution >= 4 is 24.8 Å². The molecule has 0 spiro atoms. The van der Waals surface area contributed by atoms with E-state index in [1.165, 1.54) is 0 Å². The highest BCUT2D eigenvalue weighted by molar-refractivity contribution is 5.85. The molecule has 0 aliphatic carbocycles. The number of rotatable bonds is 4. The van der Waals surface area contributed by atoms with E-state index >= 15 is 0 Å². The second-order valence-corrected chi connectivity index (χ2v) is 1.10. The minimum atomic E-state index is 0. The lowest BCUT2D eigenvalue weighted by Gasteiger charge is -1.98. The fourth-order valence-electron chi connectivity index (χ4n) is 0.195. The van der Waals surface area contributed by atoms with Crippen molar-refractivity contribution in [2.45, 2.75) is 13.8 Å². The molecular weight excluding hydrogens is 163 g/mol. The van der Waals surface area contributed by atoms with E-state index in [1.54, 1.807) is 0 Å². The third-order valence-electron chi connectivity index (χ3n) is 0.433. The van der Waals surface area contributed by atoms with Gasteiger partial charge >= 0.3 is 0 Å². The predicted molar refractivity (Wildman–Crippen MR) is 42.9 cm³/mol. The zero-order valence-corrected chi connectivity index (χ0v) is 7.27. The summed E-state index contributed by atoms with van der Waals surface area (Å²) in [7, 11) is 0. The van der Waals surface area contributed by atoms with Crippen LogP contribution in [0.1, 0.15) is 13.8 Å². The molecule has 0 amide bonds. The van der Waals surface area contributed by atoms with E-state index in [0.29, 0.717) is 0 Å². The van der Waals surface area contributed by atoms with Gasteiger partial charge in [-0.15, -0.1) is 24.8 Å². The molecule has 0 unspecified atom stereocenters. The van der Waals surface area contributed by atoms with Crippen LogP contribution in [0.4, 0.5) is 0 Å². The molecule has 0 fully saturated rings. The summed E-state index contributed by atoms with van der Waals surface area (Å²) < 4.78 is 0. The van der Waals surface area contributed by atoms with Crippen molar-refractivity contribution in [3.05, 3.63) is 0 Å². The molecule has 5 heteroatoms. The summed E-state index contributed by atoms with van der Waals surface area (Å²) in [5, 5.41) is 0. The van der Waals surface area contributed by atoms with E-state index in [2.05, 4.69) is 15.9 Å². The Bertz CT molecular complexity index is 35.7. The average Bonchev–Trinajstić information content (AvgIpc) is 1.69. The van der Waals surface area contributed by atoms with E-state index < -0.39 is 0 Å². The minimum Gasteiger partial charge on any atom is -0.214 e. The standard InChI is InChI=1S/C4H12N2O.2ClH/c1-3-5-7-6-4-2;;/h5-6H,3-4H2,1-2H3;2*1H. The summed E-state index contributed by atoms with van der Waals surface area (Å²) in [4.78, 5) is 4.63. The van der Waals surface area contributed by atoms with E-state index in [4.69, 9.17) is 0 Å². The lowest BCUT2D eigenvalue weighted by molar-refractivity contribution is -0.0327. The molecule has 60 valence electrons. The van der Waals surface area contributed by atoms with E-state index in [0.717, 1.165) is 13.1 Å². The van der Waals surface area contributed by atoms with Crippen molar-refractivity contribution in [3.63, 3.8) is 0 Å². The highest BCUT2D eigenvalue weighted by atomic mass is 35.5. The predicted octanol–water partition coefficient (Wildman–Crippen LogP) is 0.896. The molecule has 0 rings (SSSR count). The molecule has 0 bridgehead atoms. The van der Waals surface area contributed by atoms with Gasteiger partial charge in [-0.1, -0.05) is 13.8 Å². The maximum atomic E-state index is 4.63. The Labute approximate surface area is 68.3 Å². The quantitative estimate of drug-likeness (QED) is 0.494. The number of hydrogen-bond acceptors (Lipinski definition) is 3. The summed E-state index contributed by atoms with van der Waals surface area (Å²) >= 11 is 0. The van der Waals surface area contributed by atoms with Crippen molar-refractivity contribution in [3.8, 4) is 0 Å². The molecule has 0 aliphatic heterocycles. The third-order valence-corrected chi connectivity index (χ3v) is 0.433. The molecular formula is C4H14Cl2N2O. The Balaban J connectivity index is -0.000000180. The van der Waals surface area contributed by atoms with Crippen LogP contribution >= 0.6 is 24.8 Å². The average molecular weight is 177 g/mol. The van der Waals surface area contributed by atoms with Gasteiger partial charge in [-0.3, -0.25) is 0 Å². The first-order valence-electron chi connectivity index (χ1n) is 2.53. The first-order chi connectivity index (χ1) is 3.41. The maximum absolute atomic E-state index is 4.63. The van der Waals surface area contributed by atoms with Crippen molar-refractivity contribution in [1.82, 2.24) is 11.0 Å². The number of hydrogen-bond donors (Lipinski definition) is 2. The zero-order valence-electron chi connectivity index (χ0n) is 5.64. The third kappa shape index (κ3) is 17.7. The number of halogens is 2. The van der Waals surface area contributed by atoms with Crippen LogP contribution < -0.4 is 11.0 Å². The topological polar surface area (TPSA) is 33.3 Å². The molecule has 0 atom stereocenters. The first kappa shape index (κ1) is 16.2. The van der Waals surface area contributed by atoms with E-state index in [1.807, 2.05) is 13.8 Å². The molecule has 3 nitrogen and oxygen atoms in total. The molecule has 0 heterocycles. The fraction of sp³-hybridized carbons (Fsp3) is 1.00. The lowest BCUT2D eigenvalue weighted by Crippen LogP contribution is -2.24. The molecule has 0 aromatic rings. The van der Waals surface area contributed by atoms with Gasteiger partial charge in [0.2, 0.25) is 0 Å². The van der Waals surface area contributed by atoms with Gasteiger partial charge in [-0.2, -0.15) is 11.0 Å². The summed E-state index contributed by atoms with van der Waals surface area (Å²) in [5.41, 5.74) is 5.28. The molecule has 0 saturated heterocycles. The number of nitrogens with one attached hydrogen (secondary N) is 2. The van der Waals surface area contributed by atoms with Crippen LogP contribution in [0, 0.1) is 0 Å². The van der Waals surface area contributed by atoms with Gasteiger partial charge in [0.05, 0.1) is 0 Å². The van der Waals surface area contributed by atoms with Gasteiger partial charge in [0.1, 0.15) is 0 Å². The van der Waals surface area contributed by atoms with Gasteiger partial charge in [0.15, 0.2) is 0 Å². The molecule has 2 N–H and O–H groups in total. The molecule has 0 aromatic heterocycles. The second kappa shape index (κ2) is 15.8. The zero-order chi connectivity index (χ0) is 5.54. The summed E-state index contributed by atoms with van der Waals surface area (Å²) in [6.45, 7) is 5.59. The van der Waals surface area contributed by atoms with Crippen LogP contribution in [0.5, 0.6) is 0 Å². The molecule has 0 aliphatic rings. The maximum Gasteiger partial charge on any atom is 0.0200 e. The lowest BCUT2D eigenvalue weighted by atomic mass is 10.8. The Hall–Kier alpha value is 0.460. The highest BCUT2D eigenvalue weighted by Gasteiger charge is 1.73. The van der Waals surface area contributed by atoms with Crippen LogP contribution in [0.3, 0.4) is 0 Å². The van der Waals surface area contributed by atoms with Crippen LogP contribution in [0.15, 0.2) is 0 Å². The molecule has 0 saturated carbocycles. The summed E-state index contributed by atoms with van der Waals surface area (Å²) in [6.07, 6.45) is 0. The van der Waals surface area contributed by atoms with Crippen molar-refractivity contribution in [1.29, 1.82) is 0 Å². The monoisotopic (exact) mass is 176 g/mol. The second-order valence-electron chi connectivity index (χ2n) is 1.10. The Morgan fingerprint density at radius 2 is 1.33 bits per heavy atom. The number of hydroxylamine groups is 2. The van der Waals surface area contributed by atoms with Gasteiger partial charge in [-0.05, 0) is 0 Å². The summed E-state index contributed by atoms with van der Waals surface area (Å²) in [6, 6.07) is 0. The van der Waals surface area contributed by atoms with Gasteiger partial charge in [-0.25, -0.2) is 4.94 Å².